The highest BCUT2D eigenvalue weighted by molar-refractivity contribution is 5.80. The summed E-state index contributed by atoms with van der Waals surface area (Å²) in [5, 5.41) is 3.43. The highest BCUT2D eigenvalue weighted by Crippen LogP contribution is 2.30. The Hall–Kier alpha value is -1.26. The summed E-state index contributed by atoms with van der Waals surface area (Å²) in [5.41, 5.74) is 0. The van der Waals surface area contributed by atoms with Crippen molar-refractivity contribution in [3.63, 3.8) is 0 Å². The van der Waals surface area contributed by atoms with Gasteiger partial charge < -0.3 is 15.0 Å². The van der Waals surface area contributed by atoms with Gasteiger partial charge in [-0.05, 0) is 44.4 Å². The molecule has 0 unspecified atom stereocenters. The molecule has 1 aliphatic heterocycles. The van der Waals surface area contributed by atoms with E-state index in [4.69, 9.17) is 9.73 Å². The van der Waals surface area contributed by atoms with Crippen LogP contribution in [0.25, 0.3) is 0 Å². The van der Waals surface area contributed by atoms with E-state index in [9.17, 15) is 4.79 Å². The Balaban J connectivity index is 1.84. The van der Waals surface area contributed by atoms with Crippen molar-refractivity contribution in [2.75, 3.05) is 33.3 Å². The molecule has 2 fully saturated rings. The Kier molecular flexibility index (Phi) is 7.86. The molecule has 5 heteroatoms. The van der Waals surface area contributed by atoms with Crippen LogP contribution in [0.15, 0.2) is 4.99 Å². The standard InChI is InChI=1S/C19H35N3O2/c1-4-15-6-8-16(9-7-15)14-21-19(20-5-2)22-12-10-17(11-13-22)18(23)24-3/h15-17H,4-14H2,1-3H3,(H,20,21). The number of aliphatic imine (C=N–C) groups is 1. The van der Waals surface area contributed by atoms with Crippen LogP contribution in [-0.2, 0) is 9.53 Å². The second kappa shape index (κ2) is 9.90. The van der Waals surface area contributed by atoms with Crippen LogP contribution in [0.5, 0.6) is 0 Å². The lowest BCUT2D eigenvalue weighted by Crippen LogP contribution is -2.46. The van der Waals surface area contributed by atoms with E-state index in [0.29, 0.717) is 0 Å². The molecule has 138 valence electrons. The molecule has 0 aromatic carbocycles. The number of hydrogen-bond acceptors (Lipinski definition) is 3. The van der Waals surface area contributed by atoms with E-state index in [1.807, 2.05) is 0 Å². The summed E-state index contributed by atoms with van der Waals surface area (Å²) < 4.78 is 4.87. The summed E-state index contributed by atoms with van der Waals surface area (Å²) in [4.78, 5) is 18.9. The molecule has 0 spiro atoms. The number of guanidine groups is 1. The average Bonchev–Trinajstić information content (AvgIpc) is 2.65. The van der Waals surface area contributed by atoms with Crippen molar-refractivity contribution in [3.05, 3.63) is 0 Å². The van der Waals surface area contributed by atoms with Gasteiger partial charge in [-0.2, -0.15) is 0 Å². The number of methoxy groups -OCH3 is 1. The van der Waals surface area contributed by atoms with Gasteiger partial charge >= 0.3 is 5.97 Å². The van der Waals surface area contributed by atoms with Crippen LogP contribution < -0.4 is 5.32 Å². The first-order valence-corrected chi connectivity index (χ1v) is 9.78. The molecule has 0 amide bonds. The van der Waals surface area contributed by atoms with Crippen LogP contribution in [0.2, 0.25) is 0 Å². The third-order valence-electron chi connectivity index (χ3n) is 5.71. The maximum Gasteiger partial charge on any atom is 0.308 e. The fraction of sp³-hybridized carbons (Fsp3) is 0.895. The summed E-state index contributed by atoms with van der Waals surface area (Å²) in [6, 6.07) is 0. The van der Waals surface area contributed by atoms with Crippen molar-refractivity contribution in [3.8, 4) is 0 Å². The number of ether oxygens (including phenoxy) is 1. The minimum atomic E-state index is -0.0655. The molecule has 1 heterocycles. The topological polar surface area (TPSA) is 53.9 Å². The fourth-order valence-corrected chi connectivity index (χ4v) is 3.96. The molecule has 5 nitrogen and oxygen atoms in total. The van der Waals surface area contributed by atoms with E-state index >= 15 is 0 Å². The van der Waals surface area contributed by atoms with Gasteiger partial charge in [0, 0.05) is 26.2 Å². The molecule has 0 aromatic heterocycles. The molecule has 0 bridgehead atoms. The van der Waals surface area contributed by atoms with Gasteiger partial charge in [-0.3, -0.25) is 9.79 Å². The first-order valence-electron chi connectivity index (χ1n) is 9.78. The number of rotatable bonds is 5. The Morgan fingerprint density at radius 3 is 2.25 bits per heavy atom. The lowest BCUT2D eigenvalue weighted by molar-refractivity contribution is -0.146. The van der Waals surface area contributed by atoms with Gasteiger partial charge in [0.2, 0.25) is 0 Å². The molecular weight excluding hydrogens is 302 g/mol. The van der Waals surface area contributed by atoms with Gasteiger partial charge in [0.15, 0.2) is 5.96 Å². The van der Waals surface area contributed by atoms with Crippen molar-refractivity contribution >= 4 is 11.9 Å². The summed E-state index contributed by atoms with van der Waals surface area (Å²) in [5.74, 6) is 2.70. The minimum absolute atomic E-state index is 0.0541. The highest BCUT2D eigenvalue weighted by atomic mass is 16.5. The molecule has 0 radical (unpaired) electrons. The second-order valence-electron chi connectivity index (χ2n) is 7.27. The predicted octanol–water partition coefficient (Wildman–Crippen LogP) is 3.05. The molecule has 24 heavy (non-hydrogen) atoms. The predicted molar refractivity (Wildman–Crippen MR) is 98.0 cm³/mol. The zero-order chi connectivity index (χ0) is 17.4. The maximum absolute atomic E-state index is 11.7. The third kappa shape index (κ3) is 5.38. The number of nitrogens with one attached hydrogen (secondary N) is 1. The van der Waals surface area contributed by atoms with Gasteiger partial charge in [0.05, 0.1) is 13.0 Å². The fourth-order valence-electron chi connectivity index (χ4n) is 3.96. The van der Waals surface area contributed by atoms with Crippen LogP contribution >= 0.6 is 0 Å². The summed E-state index contributed by atoms with van der Waals surface area (Å²) in [7, 11) is 1.48. The van der Waals surface area contributed by atoms with E-state index < -0.39 is 0 Å². The van der Waals surface area contributed by atoms with E-state index in [2.05, 4.69) is 24.1 Å². The smallest absolute Gasteiger partial charge is 0.308 e. The second-order valence-corrected chi connectivity index (χ2v) is 7.27. The van der Waals surface area contributed by atoms with Gasteiger partial charge in [-0.1, -0.05) is 26.2 Å². The summed E-state index contributed by atoms with van der Waals surface area (Å²) in [6.45, 7) is 8.02. The number of hydrogen-bond donors (Lipinski definition) is 1. The first kappa shape index (κ1) is 19.1. The van der Waals surface area contributed by atoms with Gasteiger partial charge in [0.1, 0.15) is 0 Å². The molecule has 2 rings (SSSR count). The zero-order valence-corrected chi connectivity index (χ0v) is 15.7. The molecule has 0 atom stereocenters. The summed E-state index contributed by atoms with van der Waals surface area (Å²) >= 11 is 0. The molecule has 1 aliphatic carbocycles. The number of esters is 1. The van der Waals surface area contributed by atoms with E-state index in [0.717, 1.165) is 56.8 Å². The number of carbonyl (C=O) groups is 1. The Bertz CT molecular complexity index is 409. The molecule has 0 aromatic rings. The van der Waals surface area contributed by atoms with Gasteiger partial charge in [-0.15, -0.1) is 0 Å². The van der Waals surface area contributed by atoms with Crippen LogP contribution in [0, 0.1) is 17.8 Å². The molecule has 1 N–H and O–H groups in total. The van der Waals surface area contributed by atoms with Crippen LogP contribution in [-0.4, -0.2) is 50.1 Å². The number of nitrogens with zero attached hydrogens (tertiary/aromatic N) is 2. The van der Waals surface area contributed by atoms with E-state index in [1.54, 1.807) is 0 Å². The van der Waals surface area contributed by atoms with Crippen molar-refractivity contribution in [1.29, 1.82) is 0 Å². The first-order chi connectivity index (χ1) is 11.7. The monoisotopic (exact) mass is 337 g/mol. The largest absolute Gasteiger partial charge is 0.469 e. The number of piperidine rings is 1. The minimum Gasteiger partial charge on any atom is -0.469 e. The Labute approximate surface area is 147 Å². The van der Waals surface area contributed by atoms with E-state index in [1.165, 1.54) is 39.2 Å². The lowest BCUT2D eigenvalue weighted by atomic mass is 9.81. The average molecular weight is 338 g/mol. The molecule has 1 saturated carbocycles. The molecule has 1 saturated heterocycles. The SMILES string of the molecule is CCNC(=NCC1CCC(CC)CC1)N1CCC(C(=O)OC)CC1. The van der Waals surface area contributed by atoms with Gasteiger partial charge in [-0.25, -0.2) is 0 Å². The molecular formula is C19H35N3O2. The normalized spacial score (nSPS) is 26.3. The lowest BCUT2D eigenvalue weighted by Gasteiger charge is -2.33. The Morgan fingerprint density at radius 2 is 1.71 bits per heavy atom. The third-order valence-corrected chi connectivity index (χ3v) is 5.71. The molecule has 2 aliphatic rings. The van der Waals surface area contributed by atoms with Crippen molar-refractivity contribution in [1.82, 2.24) is 10.2 Å². The van der Waals surface area contributed by atoms with Gasteiger partial charge in [0.25, 0.3) is 0 Å². The highest BCUT2D eigenvalue weighted by Gasteiger charge is 2.27. The zero-order valence-electron chi connectivity index (χ0n) is 15.7. The quantitative estimate of drug-likeness (QED) is 0.476. The van der Waals surface area contributed by atoms with Crippen LogP contribution in [0.1, 0.15) is 58.8 Å². The van der Waals surface area contributed by atoms with E-state index in [-0.39, 0.29) is 11.9 Å². The van der Waals surface area contributed by atoms with Crippen molar-refractivity contribution < 1.29 is 9.53 Å². The maximum atomic E-state index is 11.7. The summed E-state index contributed by atoms with van der Waals surface area (Å²) in [6.07, 6.45) is 8.44. The number of carbonyl (C=O) groups excluding carboxylic acids is 1. The van der Waals surface area contributed by atoms with Crippen LogP contribution in [0.3, 0.4) is 0 Å². The van der Waals surface area contributed by atoms with Crippen molar-refractivity contribution in [2.45, 2.75) is 58.8 Å². The van der Waals surface area contributed by atoms with Crippen LogP contribution in [0.4, 0.5) is 0 Å². The number of likely N-dealkylation sites (tertiary alicyclic amines) is 1. The Morgan fingerprint density at radius 1 is 1.08 bits per heavy atom. The van der Waals surface area contributed by atoms with Crippen molar-refractivity contribution in [2.24, 2.45) is 22.7 Å².